The van der Waals surface area contributed by atoms with Crippen LogP contribution in [0.1, 0.15) is 39.0 Å². The van der Waals surface area contributed by atoms with Crippen molar-refractivity contribution in [1.82, 2.24) is 0 Å². The summed E-state index contributed by atoms with van der Waals surface area (Å²) >= 11 is 0. The number of unbranched alkanes of at least 4 members (excludes halogenated alkanes) is 2. The highest BCUT2D eigenvalue weighted by Gasteiger charge is 2.33. The van der Waals surface area contributed by atoms with Gasteiger partial charge in [-0.25, -0.2) is 8.42 Å². The van der Waals surface area contributed by atoms with Crippen LogP contribution in [0.3, 0.4) is 0 Å². The molecule has 0 spiro atoms. The first kappa shape index (κ1) is 17.2. The molecule has 0 saturated heterocycles. The second-order valence-electron chi connectivity index (χ2n) is 4.04. The predicted octanol–water partition coefficient (Wildman–Crippen LogP) is 1.05. The summed E-state index contributed by atoms with van der Waals surface area (Å²) in [6, 6.07) is 0. The van der Waals surface area contributed by atoms with Gasteiger partial charge in [-0.2, -0.15) is 13.2 Å². The largest absolute Gasteiger partial charge is 0.549 e. The van der Waals surface area contributed by atoms with Crippen molar-refractivity contribution < 1.29 is 31.5 Å². The summed E-state index contributed by atoms with van der Waals surface area (Å²) in [5, 5.41) is 8.85. The van der Waals surface area contributed by atoms with Gasteiger partial charge >= 0.3 is 6.18 Å². The van der Waals surface area contributed by atoms with Crippen LogP contribution in [-0.2, 0) is 14.6 Å². The molecule has 0 radical (unpaired) electrons. The lowest BCUT2D eigenvalue weighted by molar-refractivity contribution is -0.305. The zero-order valence-electron chi connectivity index (χ0n) is 10.00. The third-order valence-corrected chi connectivity index (χ3v) is 4.50. The maximum atomic E-state index is 11.9. The normalized spacial score (nSPS) is 14.4. The molecule has 0 amide bonds. The number of carboxylic acid groups (broad SMARTS) is 1. The minimum absolute atomic E-state index is 0.198. The molecule has 0 heterocycles. The smallest absolute Gasteiger partial charge is 0.390 e. The second-order valence-corrected chi connectivity index (χ2v) is 6.34. The van der Waals surface area contributed by atoms with Crippen molar-refractivity contribution in [3.63, 3.8) is 0 Å². The first-order chi connectivity index (χ1) is 8.10. The van der Waals surface area contributed by atoms with Gasteiger partial charge in [0, 0.05) is 0 Å². The van der Waals surface area contributed by atoms with Gasteiger partial charge in [0.25, 0.3) is 0 Å². The zero-order valence-corrected chi connectivity index (χ0v) is 10.8. The summed E-state index contributed by atoms with van der Waals surface area (Å²) < 4.78 is 58.8. The van der Waals surface area contributed by atoms with Crippen LogP contribution in [0.4, 0.5) is 13.2 Å². The van der Waals surface area contributed by atoms with Crippen LogP contribution in [0, 0.1) is 0 Å². The number of halogens is 3. The highest BCUT2D eigenvalue weighted by molar-refractivity contribution is 7.92. The molecule has 0 aromatic carbocycles. The number of carboxylic acids is 1. The van der Waals surface area contributed by atoms with Crippen molar-refractivity contribution in [3.8, 4) is 0 Å². The van der Waals surface area contributed by atoms with Gasteiger partial charge in [-0.15, -0.1) is 0 Å². The third kappa shape index (κ3) is 6.83. The highest BCUT2D eigenvalue weighted by Crippen LogP contribution is 2.22. The Labute approximate surface area is 104 Å². The van der Waals surface area contributed by atoms with Crippen molar-refractivity contribution in [2.75, 3.05) is 5.75 Å². The molecule has 0 bridgehead atoms. The summed E-state index contributed by atoms with van der Waals surface area (Å²) in [6.07, 6.45) is -4.64. The Kier molecular flexibility index (Phi) is 6.66. The first-order valence-corrected chi connectivity index (χ1v) is 7.31. The lowest BCUT2D eigenvalue weighted by atomic mass is 10.1. The molecular formula is C10H16F3O4S-. The molecule has 1 unspecified atom stereocenters. The van der Waals surface area contributed by atoms with Gasteiger partial charge < -0.3 is 9.90 Å². The number of sulfone groups is 1. The average molecular weight is 289 g/mol. The molecule has 0 saturated carbocycles. The van der Waals surface area contributed by atoms with E-state index < -0.39 is 39.4 Å². The number of aliphatic carboxylic acids is 1. The molecule has 18 heavy (non-hydrogen) atoms. The van der Waals surface area contributed by atoms with E-state index in [1.165, 1.54) is 0 Å². The second kappa shape index (κ2) is 6.96. The minimum Gasteiger partial charge on any atom is -0.549 e. The van der Waals surface area contributed by atoms with E-state index in [4.69, 9.17) is 0 Å². The molecule has 0 aliphatic carbocycles. The lowest BCUT2D eigenvalue weighted by Gasteiger charge is -2.19. The van der Waals surface area contributed by atoms with Crippen molar-refractivity contribution in [2.24, 2.45) is 0 Å². The molecule has 0 N–H and O–H groups in total. The van der Waals surface area contributed by atoms with E-state index in [0.717, 1.165) is 6.42 Å². The summed E-state index contributed by atoms with van der Waals surface area (Å²) in [6.45, 7) is 1.84. The number of carbonyl (C=O) groups excluding carboxylic acids is 1. The van der Waals surface area contributed by atoms with E-state index in [2.05, 4.69) is 0 Å². The summed E-state index contributed by atoms with van der Waals surface area (Å²) in [5.41, 5.74) is 0. The van der Waals surface area contributed by atoms with E-state index in [0.29, 0.717) is 12.8 Å². The summed E-state index contributed by atoms with van der Waals surface area (Å²) in [5.74, 6) is -3.03. The van der Waals surface area contributed by atoms with Crippen LogP contribution in [-0.4, -0.2) is 31.6 Å². The summed E-state index contributed by atoms with van der Waals surface area (Å²) in [4.78, 5) is 10.7. The van der Waals surface area contributed by atoms with Crippen molar-refractivity contribution in [2.45, 2.75) is 50.5 Å². The summed E-state index contributed by atoms with van der Waals surface area (Å²) in [7, 11) is -4.32. The Bertz CT molecular complexity index is 362. The van der Waals surface area contributed by atoms with E-state index >= 15 is 0 Å². The standard InChI is InChI=1S/C10H17F3O4S/c1-2-3-4-5-8(9(14)15)18(16,17)7-6-10(11,12)13/h8H,2-7H2,1H3,(H,14,15)/p-1. The maximum Gasteiger partial charge on any atom is 0.390 e. The van der Waals surface area contributed by atoms with E-state index in [9.17, 15) is 31.5 Å². The average Bonchev–Trinajstić information content (AvgIpc) is 2.20. The van der Waals surface area contributed by atoms with Crippen LogP contribution in [0.2, 0.25) is 0 Å². The molecule has 0 fully saturated rings. The van der Waals surface area contributed by atoms with E-state index in [1.807, 2.05) is 6.92 Å². The quantitative estimate of drug-likeness (QED) is 0.626. The van der Waals surface area contributed by atoms with Crippen molar-refractivity contribution >= 4 is 15.8 Å². The lowest BCUT2D eigenvalue weighted by Crippen LogP contribution is -2.42. The molecular weight excluding hydrogens is 273 g/mol. The van der Waals surface area contributed by atoms with Crippen LogP contribution in [0.25, 0.3) is 0 Å². The maximum absolute atomic E-state index is 11.9. The molecule has 1 atom stereocenters. The van der Waals surface area contributed by atoms with Gasteiger partial charge in [0.15, 0.2) is 9.84 Å². The van der Waals surface area contributed by atoms with E-state index in [-0.39, 0.29) is 6.42 Å². The fourth-order valence-corrected chi connectivity index (χ4v) is 3.04. The Balaban J connectivity index is 4.62. The fourth-order valence-electron chi connectivity index (χ4n) is 1.42. The van der Waals surface area contributed by atoms with Crippen LogP contribution in [0.15, 0.2) is 0 Å². The van der Waals surface area contributed by atoms with Crippen LogP contribution in [0.5, 0.6) is 0 Å². The van der Waals surface area contributed by atoms with Gasteiger partial charge in [-0.05, 0) is 6.42 Å². The van der Waals surface area contributed by atoms with Gasteiger partial charge in [0.1, 0.15) is 5.25 Å². The molecule has 0 aliphatic heterocycles. The predicted molar refractivity (Wildman–Crippen MR) is 57.4 cm³/mol. The Hall–Kier alpha value is -0.790. The van der Waals surface area contributed by atoms with Gasteiger partial charge in [0.05, 0.1) is 18.1 Å². The molecule has 0 aromatic rings. The van der Waals surface area contributed by atoms with Crippen molar-refractivity contribution in [1.29, 1.82) is 0 Å². The van der Waals surface area contributed by atoms with Crippen molar-refractivity contribution in [3.05, 3.63) is 0 Å². The van der Waals surface area contributed by atoms with Gasteiger partial charge in [-0.1, -0.05) is 26.2 Å². The minimum atomic E-state index is -4.62. The van der Waals surface area contributed by atoms with Gasteiger partial charge in [-0.3, -0.25) is 0 Å². The third-order valence-electron chi connectivity index (χ3n) is 2.44. The molecule has 4 nitrogen and oxygen atoms in total. The molecule has 8 heteroatoms. The molecule has 0 rings (SSSR count). The number of hydrogen-bond donors (Lipinski definition) is 0. The fraction of sp³-hybridized carbons (Fsp3) is 0.900. The number of alkyl halides is 3. The van der Waals surface area contributed by atoms with Crippen LogP contribution >= 0.6 is 0 Å². The Morgan fingerprint density at radius 1 is 1.28 bits per heavy atom. The SMILES string of the molecule is CCCCCC(C(=O)[O-])S(=O)(=O)CCC(F)(F)F. The topological polar surface area (TPSA) is 74.3 Å². The monoisotopic (exact) mass is 289 g/mol. The zero-order chi connectivity index (χ0) is 14.4. The molecule has 0 aliphatic rings. The highest BCUT2D eigenvalue weighted by atomic mass is 32.2. The number of hydrogen-bond acceptors (Lipinski definition) is 4. The Morgan fingerprint density at radius 2 is 1.83 bits per heavy atom. The van der Waals surface area contributed by atoms with Gasteiger partial charge in [0.2, 0.25) is 0 Å². The first-order valence-electron chi connectivity index (χ1n) is 5.59. The molecule has 0 aromatic heterocycles. The number of carbonyl (C=O) groups is 1. The van der Waals surface area contributed by atoms with Crippen LogP contribution < -0.4 is 5.11 Å². The number of rotatable bonds is 8. The molecule has 108 valence electrons. The Morgan fingerprint density at radius 3 is 2.22 bits per heavy atom. The van der Waals surface area contributed by atoms with E-state index in [1.54, 1.807) is 0 Å².